The predicted octanol–water partition coefficient (Wildman–Crippen LogP) is 2.53. The molecule has 64 valence electrons. The van der Waals surface area contributed by atoms with Crippen LogP contribution in [0.2, 0.25) is 0 Å². The number of rotatable bonds is 2. The van der Waals surface area contributed by atoms with E-state index in [1.165, 1.54) is 12.1 Å². The molecule has 12 heavy (non-hydrogen) atoms. The molecule has 0 atom stereocenters. The van der Waals surface area contributed by atoms with Gasteiger partial charge in [-0.15, -0.1) is 0 Å². The van der Waals surface area contributed by atoms with Crippen LogP contribution in [-0.2, 0) is 0 Å². The second-order valence-corrected chi connectivity index (χ2v) is 2.80. The minimum absolute atomic E-state index is 0.226. The normalized spacial score (nSPS) is 9.58. The van der Waals surface area contributed by atoms with E-state index in [2.05, 4.69) is 6.58 Å². The molecular formula is C10H12FN. The first-order chi connectivity index (χ1) is 5.65. The van der Waals surface area contributed by atoms with E-state index in [4.69, 9.17) is 0 Å². The number of hydrogen-bond acceptors (Lipinski definition) is 1. The molecule has 0 radical (unpaired) electrons. The van der Waals surface area contributed by atoms with Crippen molar-refractivity contribution in [2.24, 2.45) is 0 Å². The first-order valence-corrected chi connectivity index (χ1v) is 3.74. The largest absolute Gasteiger partial charge is 0.378 e. The Balaban J connectivity index is 3.10. The minimum Gasteiger partial charge on any atom is -0.378 e. The van der Waals surface area contributed by atoms with Gasteiger partial charge in [0.25, 0.3) is 0 Å². The number of halogens is 1. The molecule has 0 bridgehead atoms. The number of nitrogens with zero attached hydrogens (tertiary/aromatic N) is 1. The van der Waals surface area contributed by atoms with Crippen LogP contribution in [0.3, 0.4) is 0 Å². The lowest BCUT2D eigenvalue weighted by atomic mass is 10.2. The molecule has 0 fully saturated rings. The maximum atomic E-state index is 13.1. The van der Waals surface area contributed by atoms with Gasteiger partial charge in [0.05, 0.1) is 0 Å². The molecule has 1 aromatic carbocycles. The van der Waals surface area contributed by atoms with E-state index in [-0.39, 0.29) is 5.82 Å². The zero-order chi connectivity index (χ0) is 9.14. The molecule has 0 saturated carbocycles. The first kappa shape index (κ1) is 8.78. The molecule has 0 spiro atoms. The van der Waals surface area contributed by atoms with Gasteiger partial charge in [0.2, 0.25) is 0 Å². The fourth-order valence-corrected chi connectivity index (χ4v) is 0.960. The van der Waals surface area contributed by atoms with Crippen molar-refractivity contribution in [3.05, 3.63) is 36.2 Å². The van der Waals surface area contributed by atoms with Gasteiger partial charge in [-0.1, -0.05) is 18.7 Å². The van der Waals surface area contributed by atoms with E-state index in [0.29, 0.717) is 5.56 Å². The lowest BCUT2D eigenvalue weighted by Gasteiger charge is -2.12. The van der Waals surface area contributed by atoms with Crippen LogP contribution in [0.4, 0.5) is 10.1 Å². The molecule has 0 N–H and O–H groups in total. The molecule has 1 aromatic rings. The molecule has 1 rings (SSSR count). The summed E-state index contributed by atoms with van der Waals surface area (Å²) in [5, 5.41) is 0. The molecule has 0 aliphatic heterocycles. The van der Waals surface area contributed by atoms with E-state index in [9.17, 15) is 4.39 Å². The third kappa shape index (κ3) is 1.64. The van der Waals surface area contributed by atoms with Gasteiger partial charge < -0.3 is 4.90 Å². The summed E-state index contributed by atoms with van der Waals surface area (Å²) in [6.07, 6.45) is 1.51. The van der Waals surface area contributed by atoms with Gasteiger partial charge in [-0.2, -0.15) is 0 Å². The van der Waals surface area contributed by atoms with Crippen LogP contribution in [0.15, 0.2) is 24.8 Å². The Hall–Kier alpha value is -1.31. The van der Waals surface area contributed by atoms with Crippen molar-refractivity contribution in [3.8, 4) is 0 Å². The summed E-state index contributed by atoms with van der Waals surface area (Å²) < 4.78 is 13.1. The topological polar surface area (TPSA) is 3.24 Å². The third-order valence-electron chi connectivity index (χ3n) is 1.72. The molecule has 0 aliphatic rings. The molecule has 0 heterocycles. The van der Waals surface area contributed by atoms with Gasteiger partial charge in [0, 0.05) is 25.3 Å². The Morgan fingerprint density at radius 2 is 2.08 bits per heavy atom. The van der Waals surface area contributed by atoms with Crippen molar-refractivity contribution < 1.29 is 4.39 Å². The van der Waals surface area contributed by atoms with Gasteiger partial charge in [-0.25, -0.2) is 4.39 Å². The number of hydrogen-bond donors (Lipinski definition) is 0. The molecular weight excluding hydrogens is 153 g/mol. The lowest BCUT2D eigenvalue weighted by molar-refractivity contribution is 0.625. The Morgan fingerprint density at radius 1 is 1.42 bits per heavy atom. The van der Waals surface area contributed by atoms with E-state index in [1.807, 2.05) is 25.1 Å². The predicted molar refractivity (Wildman–Crippen MR) is 50.8 cm³/mol. The van der Waals surface area contributed by atoms with Crippen molar-refractivity contribution >= 4 is 11.8 Å². The second-order valence-electron chi connectivity index (χ2n) is 2.80. The fourth-order valence-electron chi connectivity index (χ4n) is 0.960. The van der Waals surface area contributed by atoms with Crippen LogP contribution in [0.5, 0.6) is 0 Å². The van der Waals surface area contributed by atoms with Crippen LogP contribution in [0, 0.1) is 5.82 Å². The van der Waals surface area contributed by atoms with E-state index in [1.54, 1.807) is 6.07 Å². The van der Waals surface area contributed by atoms with Crippen LogP contribution in [0.25, 0.3) is 6.08 Å². The Kier molecular flexibility index (Phi) is 2.48. The number of benzene rings is 1. The third-order valence-corrected chi connectivity index (χ3v) is 1.72. The Bertz CT molecular complexity index is 292. The maximum Gasteiger partial charge on any atom is 0.132 e. The van der Waals surface area contributed by atoms with Gasteiger partial charge in [-0.3, -0.25) is 0 Å². The van der Waals surface area contributed by atoms with E-state index in [0.717, 1.165) is 5.69 Å². The SMILES string of the molecule is C=Cc1ccc(N(C)C)cc1F. The lowest BCUT2D eigenvalue weighted by Crippen LogP contribution is -2.08. The van der Waals surface area contributed by atoms with Crippen molar-refractivity contribution in [1.82, 2.24) is 0 Å². The summed E-state index contributed by atoms with van der Waals surface area (Å²) in [6, 6.07) is 5.08. The Labute approximate surface area is 72.1 Å². The van der Waals surface area contributed by atoms with Crippen molar-refractivity contribution in [1.29, 1.82) is 0 Å². The molecule has 0 unspecified atom stereocenters. The summed E-state index contributed by atoms with van der Waals surface area (Å²) in [7, 11) is 3.75. The summed E-state index contributed by atoms with van der Waals surface area (Å²) in [5.74, 6) is -0.226. The average Bonchev–Trinajstić information content (AvgIpc) is 2.04. The van der Waals surface area contributed by atoms with E-state index < -0.39 is 0 Å². The smallest absolute Gasteiger partial charge is 0.132 e. The summed E-state index contributed by atoms with van der Waals surface area (Å²) in [6.45, 7) is 3.51. The Morgan fingerprint density at radius 3 is 2.50 bits per heavy atom. The first-order valence-electron chi connectivity index (χ1n) is 3.74. The quantitative estimate of drug-likeness (QED) is 0.651. The van der Waals surface area contributed by atoms with Gasteiger partial charge in [0.1, 0.15) is 5.82 Å². The van der Waals surface area contributed by atoms with Crippen molar-refractivity contribution in [2.75, 3.05) is 19.0 Å². The second kappa shape index (κ2) is 3.39. The summed E-state index contributed by atoms with van der Waals surface area (Å²) in [4.78, 5) is 1.86. The standard InChI is InChI=1S/C10H12FN/c1-4-8-5-6-9(12(2)3)7-10(8)11/h4-7H,1H2,2-3H3. The van der Waals surface area contributed by atoms with Crippen LogP contribution in [0.1, 0.15) is 5.56 Å². The number of anilines is 1. The van der Waals surface area contributed by atoms with Gasteiger partial charge >= 0.3 is 0 Å². The van der Waals surface area contributed by atoms with Crippen molar-refractivity contribution in [3.63, 3.8) is 0 Å². The molecule has 1 nitrogen and oxygen atoms in total. The maximum absolute atomic E-state index is 13.1. The van der Waals surface area contributed by atoms with Crippen molar-refractivity contribution in [2.45, 2.75) is 0 Å². The minimum atomic E-state index is -0.226. The molecule has 0 aromatic heterocycles. The highest BCUT2D eigenvalue weighted by Crippen LogP contribution is 2.16. The van der Waals surface area contributed by atoms with Gasteiger partial charge in [0.15, 0.2) is 0 Å². The van der Waals surface area contributed by atoms with Crippen LogP contribution in [-0.4, -0.2) is 14.1 Å². The summed E-state index contributed by atoms with van der Waals surface area (Å²) in [5.41, 5.74) is 1.40. The van der Waals surface area contributed by atoms with Crippen LogP contribution >= 0.6 is 0 Å². The molecule has 0 amide bonds. The highest BCUT2D eigenvalue weighted by molar-refractivity contribution is 5.55. The summed E-state index contributed by atoms with van der Waals surface area (Å²) >= 11 is 0. The highest BCUT2D eigenvalue weighted by Gasteiger charge is 2.00. The molecule has 2 heteroatoms. The average molecular weight is 165 g/mol. The fraction of sp³-hybridized carbons (Fsp3) is 0.200. The molecule has 0 saturated heterocycles. The zero-order valence-corrected chi connectivity index (χ0v) is 7.34. The van der Waals surface area contributed by atoms with E-state index >= 15 is 0 Å². The molecule has 0 aliphatic carbocycles. The van der Waals surface area contributed by atoms with Crippen LogP contribution < -0.4 is 4.90 Å². The zero-order valence-electron chi connectivity index (χ0n) is 7.34. The highest BCUT2D eigenvalue weighted by atomic mass is 19.1. The monoisotopic (exact) mass is 165 g/mol. The van der Waals surface area contributed by atoms with Gasteiger partial charge in [-0.05, 0) is 12.1 Å².